The topological polar surface area (TPSA) is 101 Å². The molecule has 0 aliphatic carbocycles. The van der Waals surface area contributed by atoms with Crippen LogP contribution in [-0.4, -0.2) is 31.0 Å². The number of fused-ring (bicyclic) bond motifs is 3. The van der Waals surface area contributed by atoms with E-state index in [-0.39, 0.29) is 15.7 Å². The molecule has 0 unspecified atom stereocenters. The first-order valence-electron chi connectivity index (χ1n) is 11.6. The van der Waals surface area contributed by atoms with Gasteiger partial charge in [-0.25, -0.2) is 9.78 Å². The third-order valence-corrected chi connectivity index (χ3v) is 9.52. The Labute approximate surface area is 207 Å². The molecule has 2 aliphatic rings. The highest BCUT2D eigenvalue weighted by atomic mass is 32.2. The maximum Gasteiger partial charge on any atom is 0.346 e. The van der Waals surface area contributed by atoms with E-state index in [0.717, 1.165) is 36.9 Å². The minimum Gasteiger partial charge on any atom is -0.422 e. The van der Waals surface area contributed by atoms with Gasteiger partial charge in [0, 0.05) is 29.7 Å². The Bertz CT molecular complexity index is 1710. The molecule has 0 spiro atoms. The van der Waals surface area contributed by atoms with Crippen LogP contribution in [0.15, 0.2) is 44.4 Å². The molecule has 1 N–H and O–H groups in total. The molecule has 4 aromatic rings. The molecule has 35 heavy (non-hydrogen) atoms. The average molecular weight is 511 g/mol. The van der Waals surface area contributed by atoms with Crippen molar-refractivity contribution in [2.75, 3.05) is 18.0 Å². The summed E-state index contributed by atoms with van der Waals surface area (Å²) in [6.45, 7) is 11.0. The minimum absolute atomic E-state index is 0.000538. The van der Waals surface area contributed by atoms with Crippen LogP contribution in [0.5, 0.6) is 0 Å². The van der Waals surface area contributed by atoms with E-state index < -0.39 is 15.7 Å². The van der Waals surface area contributed by atoms with Crippen LogP contribution in [0.2, 0.25) is 0 Å². The van der Waals surface area contributed by atoms with Crippen molar-refractivity contribution in [1.29, 1.82) is 0 Å². The van der Waals surface area contributed by atoms with Crippen molar-refractivity contribution < 1.29 is 17.4 Å². The summed E-state index contributed by atoms with van der Waals surface area (Å²) in [7, 11) is -4.33. The normalized spacial score (nSPS) is 18.7. The quantitative estimate of drug-likeness (QED) is 0.281. The number of hydrogen-bond acceptors (Lipinski definition) is 7. The van der Waals surface area contributed by atoms with E-state index in [4.69, 9.17) is 4.42 Å². The Hall–Kier alpha value is -2.75. The van der Waals surface area contributed by atoms with Crippen molar-refractivity contribution in [3.05, 3.63) is 51.9 Å². The van der Waals surface area contributed by atoms with Crippen molar-refractivity contribution in [3.63, 3.8) is 0 Å². The SMILES string of the molecule is CC1(C)CCN2CCC(C)(C)c3c2c1cc1cc(-c2nc4ccc(S(=O)(=O)O)cc4s2)c(=O)oc31. The van der Waals surface area contributed by atoms with Crippen LogP contribution in [-0.2, 0) is 20.9 Å². The molecule has 0 saturated carbocycles. The van der Waals surface area contributed by atoms with Gasteiger partial charge in [0.1, 0.15) is 10.6 Å². The Kier molecular flexibility index (Phi) is 4.64. The molecule has 0 fully saturated rings. The fourth-order valence-electron chi connectivity index (χ4n) is 5.48. The molecule has 9 heteroatoms. The predicted molar refractivity (Wildman–Crippen MR) is 138 cm³/mol. The van der Waals surface area contributed by atoms with E-state index in [9.17, 15) is 17.8 Å². The number of hydrogen-bond donors (Lipinski definition) is 1. The van der Waals surface area contributed by atoms with Crippen molar-refractivity contribution in [1.82, 2.24) is 4.98 Å². The van der Waals surface area contributed by atoms with E-state index in [1.54, 1.807) is 0 Å². The van der Waals surface area contributed by atoms with Crippen molar-refractivity contribution in [2.24, 2.45) is 0 Å². The molecule has 0 amide bonds. The Morgan fingerprint density at radius 1 is 1.06 bits per heavy atom. The molecule has 2 aromatic carbocycles. The number of benzene rings is 2. The second-order valence-corrected chi connectivity index (χ2v) is 13.3. The number of nitrogens with zero attached hydrogens (tertiary/aromatic N) is 2. The smallest absolute Gasteiger partial charge is 0.346 e. The van der Waals surface area contributed by atoms with Gasteiger partial charge in [0.25, 0.3) is 10.1 Å². The van der Waals surface area contributed by atoms with Crippen LogP contribution in [0.3, 0.4) is 0 Å². The lowest BCUT2D eigenvalue weighted by Gasteiger charge is -2.48. The van der Waals surface area contributed by atoms with Crippen LogP contribution in [0, 0.1) is 0 Å². The van der Waals surface area contributed by atoms with Crippen LogP contribution in [0.4, 0.5) is 5.69 Å². The lowest BCUT2D eigenvalue weighted by molar-refractivity contribution is 0.398. The zero-order valence-electron chi connectivity index (χ0n) is 20.0. The second-order valence-electron chi connectivity index (χ2n) is 10.9. The summed E-state index contributed by atoms with van der Waals surface area (Å²) in [5.41, 5.74) is 4.54. The molecular formula is C26H26N2O5S2. The lowest BCUT2D eigenvalue weighted by Crippen LogP contribution is -2.44. The van der Waals surface area contributed by atoms with Gasteiger partial charge in [-0.2, -0.15) is 8.42 Å². The molecule has 6 rings (SSSR count). The molecule has 0 radical (unpaired) electrons. The van der Waals surface area contributed by atoms with Gasteiger partial charge in [-0.05, 0) is 59.6 Å². The summed E-state index contributed by atoms with van der Waals surface area (Å²) in [5.74, 6) is 0. The first-order chi connectivity index (χ1) is 16.3. The molecule has 2 aliphatic heterocycles. The van der Waals surface area contributed by atoms with E-state index in [1.165, 1.54) is 40.8 Å². The standard InChI is InChI=1S/C26H26N2O5S2/c1-25(2)7-9-28-10-8-26(3,4)20-21(28)17(25)12-14-11-16(24(29)33-22(14)20)23-27-18-6-5-15(35(30,31)32)13-19(18)34-23/h5-6,11-13H,7-10H2,1-4H3,(H,30,31,32). The van der Waals surface area contributed by atoms with Gasteiger partial charge in [0.2, 0.25) is 0 Å². The number of thiazole rings is 1. The first-order valence-corrected chi connectivity index (χ1v) is 13.9. The average Bonchev–Trinajstić information content (AvgIpc) is 3.19. The van der Waals surface area contributed by atoms with Crippen LogP contribution < -0.4 is 10.5 Å². The summed E-state index contributed by atoms with van der Waals surface area (Å²) in [4.78, 5) is 20.1. The molecule has 7 nitrogen and oxygen atoms in total. The monoisotopic (exact) mass is 510 g/mol. The van der Waals surface area contributed by atoms with Crippen LogP contribution in [0.1, 0.15) is 51.7 Å². The van der Waals surface area contributed by atoms with Crippen molar-refractivity contribution >= 4 is 48.3 Å². The van der Waals surface area contributed by atoms with Crippen molar-refractivity contribution in [2.45, 2.75) is 56.3 Å². The molecule has 0 saturated heterocycles. The van der Waals surface area contributed by atoms with E-state index >= 15 is 0 Å². The van der Waals surface area contributed by atoms with Gasteiger partial charge < -0.3 is 9.32 Å². The third kappa shape index (κ3) is 3.43. The zero-order valence-corrected chi connectivity index (χ0v) is 21.6. The Morgan fingerprint density at radius 3 is 2.49 bits per heavy atom. The van der Waals surface area contributed by atoms with Gasteiger partial charge in [0.05, 0.1) is 20.7 Å². The number of anilines is 1. The lowest BCUT2D eigenvalue weighted by atomic mass is 9.69. The molecule has 2 aromatic heterocycles. The molecule has 0 atom stereocenters. The Morgan fingerprint density at radius 2 is 1.77 bits per heavy atom. The van der Waals surface area contributed by atoms with Crippen LogP contribution >= 0.6 is 11.3 Å². The maximum absolute atomic E-state index is 13.3. The largest absolute Gasteiger partial charge is 0.422 e. The first kappa shape index (κ1) is 22.7. The van der Waals surface area contributed by atoms with Crippen LogP contribution in [0.25, 0.3) is 31.8 Å². The highest BCUT2D eigenvalue weighted by molar-refractivity contribution is 7.85. The summed E-state index contributed by atoms with van der Waals surface area (Å²) in [6.07, 6.45) is 2.04. The summed E-state index contributed by atoms with van der Waals surface area (Å²) >= 11 is 1.20. The number of aromatic nitrogens is 1. The highest BCUT2D eigenvalue weighted by Crippen LogP contribution is 2.51. The molecular weight excluding hydrogens is 484 g/mol. The van der Waals surface area contributed by atoms with Gasteiger partial charge in [-0.15, -0.1) is 11.3 Å². The van der Waals surface area contributed by atoms with Gasteiger partial charge in [0.15, 0.2) is 0 Å². The summed E-state index contributed by atoms with van der Waals surface area (Å²) in [5, 5.41) is 1.32. The molecule has 182 valence electrons. The Balaban J connectivity index is 1.61. The zero-order chi connectivity index (χ0) is 24.9. The van der Waals surface area contributed by atoms with E-state index in [1.807, 2.05) is 6.07 Å². The molecule has 0 bridgehead atoms. The van der Waals surface area contributed by atoms with Crippen molar-refractivity contribution in [3.8, 4) is 10.6 Å². The second kappa shape index (κ2) is 7.15. The van der Waals surface area contributed by atoms with Gasteiger partial charge >= 0.3 is 5.63 Å². The fraction of sp³-hybridized carbons (Fsp3) is 0.385. The summed E-state index contributed by atoms with van der Waals surface area (Å²) in [6, 6.07) is 8.23. The minimum atomic E-state index is -4.33. The van der Waals surface area contributed by atoms with E-state index in [0.29, 0.717) is 26.4 Å². The van der Waals surface area contributed by atoms with Gasteiger partial charge in [-0.1, -0.05) is 27.7 Å². The maximum atomic E-state index is 13.3. The molecule has 4 heterocycles. The van der Waals surface area contributed by atoms with E-state index in [2.05, 4.69) is 43.6 Å². The van der Waals surface area contributed by atoms with Gasteiger partial charge in [-0.3, -0.25) is 4.55 Å². The number of rotatable bonds is 2. The summed E-state index contributed by atoms with van der Waals surface area (Å²) < 4.78 is 39.1. The highest BCUT2D eigenvalue weighted by Gasteiger charge is 2.42. The predicted octanol–water partition coefficient (Wildman–Crippen LogP) is 5.49. The third-order valence-electron chi connectivity index (χ3n) is 7.62. The fourth-order valence-corrected chi connectivity index (χ4v) is 7.07.